The second-order valence-corrected chi connectivity index (χ2v) is 5.35. The Balaban J connectivity index is 1.78. The molecule has 0 fully saturated rings. The molecule has 0 saturated carbocycles. The normalized spacial score (nSPS) is 11.6. The predicted molar refractivity (Wildman–Crippen MR) is 82.2 cm³/mol. The van der Waals surface area contributed by atoms with E-state index in [1.54, 1.807) is 0 Å². The molecule has 21 heavy (non-hydrogen) atoms. The summed E-state index contributed by atoms with van der Waals surface area (Å²) in [5.74, 6) is 1.27. The standard InChI is InChI=1S/C16H23N3O2/c1-4-20-16(2,3)15-18-14(21-19-15)11-8-12-17-13-9-6-5-7-10-13/h5-7,9-10,17H,4,8,11-12H2,1-3H3. The number of nitrogens with one attached hydrogen (secondary N) is 1. The molecule has 0 amide bonds. The molecule has 0 saturated heterocycles. The highest BCUT2D eigenvalue weighted by Crippen LogP contribution is 2.21. The summed E-state index contributed by atoms with van der Waals surface area (Å²) in [5, 5.41) is 7.37. The van der Waals surface area contributed by atoms with Gasteiger partial charge in [-0.3, -0.25) is 0 Å². The van der Waals surface area contributed by atoms with Crippen LogP contribution >= 0.6 is 0 Å². The average Bonchev–Trinajstić information content (AvgIpc) is 2.94. The number of hydrogen-bond donors (Lipinski definition) is 1. The van der Waals surface area contributed by atoms with Gasteiger partial charge in [0.25, 0.3) is 0 Å². The van der Waals surface area contributed by atoms with Crippen LogP contribution in [0, 0.1) is 0 Å². The number of benzene rings is 1. The van der Waals surface area contributed by atoms with Gasteiger partial charge in [-0.25, -0.2) is 0 Å². The number of rotatable bonds is 8. The van der Waals surface area contributed by atoms with Crippen molar-refractivity contribution in [3.05, 3.63) is 42.0 Å². The molecule has 0 bridgehead atoms. The molecular weight excluding hydrogens is 266 g/mol. The lowest BCUT2D eigenvalue weighted by atomic mass is 10.1. The molecule has 1 N–H and O–H groups in total. The van der Waals surface area contributed by atoms with Gasteiger partial charge in [-0.05, 0) is 39.3 Å². The van der Waals surface area contributed by atoms with E-state index in [0.29, 0.717) is 18.3 Å². The molecule has 0 aliphatic rings. The zero-order valence-corrected chi connectivity index (χ0v) is 12.9. The van der Waals surface area contributed by atoms with Gasteiger partial charge in [0.2, 0.25) is 11.7 Å². The van der Waals surface area contributed by atoms with Crippen LogP contribution in [0.5, 0.6) is 0 Å². The van der Waals surface area contributed by atoms with Gasteiger partial charge in [0, 0.05) is 25.3 Å². The first kappa shape index (κ1) is 15.5. The molecule has 0 atom stereocenters. The van der Waals surface area contributed by atoms with Crippen LogP contribution in [0.3, 0.4) is 0 Å². The monoisotopic (exact) mass is 289 g/mol. The molecule has 0 radical (unpaired) electrons. The quantitative estimate of drug-likeness (QED) is 0.755. The van der Waals surface area contributed by atoms with E-state index >= 15 is 0 Å². The van der Waals surface area contributed by atoms with Gasteiger partial charge in [-0.1, -0.05) is 23.4 Å². The molecule has 1 heterocycles. The van der Waals surface area contributed by atoms with E-state index in [0.717, 1.165) is 25.1 Å². The largest absolute Gasteiger partial charge is 0.385 e. The summed E-state index contributed by atoms with van der Waals surface area (Å²) in [7, 11) is 0. The van der Waals surface area contributed by atoms with Gasteiger partial charge in [0.15, 0.2) is 0 Å². The number of para-hydroxylation sites is 1. The Morgan fingerprint density at radius 3 is 2.71 bits per heavy atom. The van der Waals surface area contributed by atoms with Crippen molar-refractivity contribution in [1.29, 1.82) is 0 Å². The van der Waals surface area contributed by atoms with Gasteiger partial charge < -0.3 is 14.6 Å². The van der Waals surface area contributed by atoms with Crippen LogP contribution < -0.4 is 5.32 Å². The third kappa shape index (κ3) is 4.56. The maximum atomic E-state index is 5.61. The van der Waals surface area contributed by atoms with Gasteiger partial charge in [-0.2, -0.15) is 4.98 Å². The topological polar surface area (TPSA) is 60.2 Å². The Labute approximate surface area is 125 Å². The molecule has 0 aliphatic carbocycles. The van der Waals surface area contributed by atoms with E-state index in [1.807, 2.05) is 39.0 Å². The van der Waals surface area contributed by atoms with Crippen molar-refractivity contribution < 1.29 is 9.26 Å². The zero-order valence-electron chi connectivity index (χ0n) is 12.9. The van der Waals surface area contributed by atoms with Crippen LogP contribution in [-0.2, 0) is 16.8 Å². The molecule has 0 spiro atoms. The predicted octanol–water partition coefficient (Wildman–Crippen LogP) is 3.39. The van der Waals surface area contributed by atoms with E-state index in [9.17, 15) is 0 Å². The minimum Gasteiger partial charge on any atom is -0.385 e. The third-order valence-electron chi connectivity index (χ3n) is 3.18. The first-order valence-electron chi connectivity index (χ1n) is 7.38. The summed E-state index contributed by atoms with van der Waals surface area (Å²) in [5.41, 5.74) is 0.625. The number of hydrogen-bond acceptors (Lipinski definition) is 5. The molecule has 0 unspecified atom stereocenters. The van der Waals surface area contributed by atoms with Gasteiger partial charge in [-0.15, -0.1) is 0 Å². The molecule has 2 rings (SSSR count). The van der Waals surface area contributed by atoms with Crippen molar-refractivity contribution in [2.24, 2.45) is 0 Å². The van der Waals surface area contributed by atoms with Crippen molar-refractivity contribution in [2.75, 3.05) is 18.5 Å². The summed E-state index contributed by atoms with van der Waals surface area (Å²) in [6, 6.07) is 10.1. The zero-order chi connectivity index (χ0) is 15.1. The molecule has 5 heteroatoms. The fourth-order valence-electron chi connectivity index (χ4n) is 2.05. The number of nitrogens with zero attached hydrogens (tertiary/aromatic N) is 2. The van der Waals surface area contributed by atoms with Gasteiger partial charge in [0.1, 0.15) is 5.60 Å². The van der Waals surface area contributed by atoms with Gasteiger partial charge in [0.05, 0.1) is 0 Å². The smallest absolute Gasteiger partial charge is 0.226 e. The lowest BCUT2D eigenvalue weighted by Gasteiger charge is -2.19. The van der Waals surface area contributed by atoms with E-state index in [2.05, 4.69) is 27.6 Å². The van der Waals surface area contributed by atoms with Crippen LogP contribution in [0.15, 0.2) is 34.9 Å². The number of ether oxygens (including phenoxy) is 1. The van der Waals surface area contributed by atoms with Crippen LogP contribution in [-0.4, -0.2) is 23.3 Å². The minimum absolute atomic E-state index is 0.501. The molecule has 0 aliphatic heterocycles. The van der Waals surface area contributed by atoms with E-state index < -0.39 is 5.60 Å². The SMILES string of the molecule is CCOC(C)(C)c1noc(CCCNc2ccccc2)n1. The summed E-state index contributed by atoms with van der Waals surface area (Å²) in [6.45, 7) is 7.34. The van der Waals surface area contributed by atoms with E-state index in [-0.39, 0.29) is 0 Å². The first-order chi connectivity index (χ1) is 10.1. The fraction of sp³-hybridized carbons (Fsp3) is 0.500. The van der Waals surface area contributed by atoms with Crippen molar-refractivity contribution in [3.8, 4) is 0 Å². The molecule has 114 valence electrons. The van der Waals surface area contributed by atoms with Crippen LogP contribution in [0.2, 0.25) is 0 Å². The highest BCUT2D eigenvalue weighted by molar-refractivity contribution is 5.42. The second kappa shape index (κ2) is 7.22. The van der Waals surface area contributed by atoms with Gasteiger partial charge >= 0.3 is 0 Å². The number of aryl methyl sites for hydroxylation is 1. The molecule has 1 aromatic carbocycles. The molecular formula is C16H23N3O2. The lowest BCUT2D eigenvalue weighted by molar-refractivity contribution is -0.0221. The van der Waals surface area contributed by atoms with E-state index in [4.69, 9.17) is 9.26 Å². The van der Waals surface area contributed by atoms with Crippen molar-refractivity contribution in [2.45, 2.75) is 39.2 Å². The summed E-state index contributed by atoms with van der Waals surface area (Å²) < 4.78 is 10.9. The van der Waals surface area contributed by atoms with E-state index in [1.165, 1.54) is 0 Å². The van der Waals surface area contributed by atoms with Crippen molar-refractivity contribution >= 4 is 5.69 Å². The Bertz CT molecular complexity index is 537. The summed E-state index contributed by atoms with van der Waals surface area (Å²) in [6.07, 6.45) is 1.70. The summed E-state index contributed by atoms with van der Waals surface area (Å²) in [4.78, 5) is 4.41. The fourth-order valence-corrected chi connectivity index (χ4v) is 2.05. The van der Waals surface area contributed by atoms with Crippen molar-refractivity contribution in [3.63, 3.8) is 0 Å². The third-order valence-corrected chi connectivity index (χ3v) is 3.18. The van der Waals surface area contributed by atoms with Crippen molar-refractivity contribution in [1.82, 2.24) is 10.1 Å². The maximum Gasteiger partial charge on any atom is 0.226 e. The Kier molecular flexibility index (Phi) is 5.33. The number of aromatic nitrogens is 2. The number of anilines is 1. The maximum absolute atomic E-state index is 5.61. The molecule has 1 aromatic heterocycles. The second-order valence-electron chi connectivity index (χ2n) is 5.35. The van der Waals surface area contributed by atoms with Crippen LogP contribution in [0.4, 0.5) is 5.69 Å². The lowest BCUT2D eigenvalue weighted by Crippen LogP contribution is -2.23. The first-order valence-corrected chi connectivity index (χ1v) is 7.38. The molecule has 5 nitrogen and oxygen atoms in total. The highest BCUT2D eigenvalue weighted by Gasteiger charge is 2.26. The Morgan fingerprint density at radius 1 is 1.24 bits per heavy atom. The summed E-state index contributed by atoms with van der Waals surface area (Å²) >= 11 is 0. The Morgan fingerprint density at radius 2 is 2.00 bits per heavy atom. The Hall–Kier alpha value is -1.88. The van der Waals surface area contributed by atoms with Crippen LogP contribution in [0.25, 0.3) is 0 Å². The minimum atomic E-state index is -0.501. The molecule has 2 aromatic rings. The average molecular weight is 289 g/mol. The van der Waals surface area contributed by atoms with Crippen LogP contribution in [0.1, 0.15) is 38.9 Å². The highest BCUT2D eigenvalue weighted by atomic mass is 16.5.